The smallest absolute Gasteiger partial charge is 0.311 e. The molecule has 6 heteroatoms. The van der Waals surface area contributed by atoms with E-state index in [1.165, 1.54) is 0 Å². The minimum absolute atomic E-state index is 0.196. The van der Waals surface area contributed by atoms with E-state index >= 15 is 0 Å². The lowest BCUT2D eigenvalue weighted by atomic mass is 9.99. The molecule has 1 N–H and O–H groups in total. The lowest BCUT2D eigenvalue weighted by molar-refractivity contribution is -0.145. The average molecular weight is 307 g/mol. The van der Waals surface area contributed by atoms with Crippen LogP contribution in [0.25, 0.3) is 0 Å². The molecule has 2 amide bonds. The van der Waals surface area contributed by atoms with E-state index in [1.807, 2.05) is 6.07 Å². The highest BCUT2D eigenvalue weighted by molar-refractivity contribution is 6.35. The quantitative estimate of drug-likeness (QED) is 0.845. The van der Waals surface area contributed by atoms with Gasteiger partial charge in [-0.1, -0.05) is 25.9 Å². The van der Waals surface area contributed by atoms with Crippen LogP contribution in [0, 0.1) is 5.92 Å². The molecule has 1 fully saturated rings. The summed E-state index contributed by atoms with van der Waals surface area (Å²) >= 11 is 0. The Balaban J connectivity index is 1.85. The largest absolute Gasteiger partial charge is 0.359 e. The molecule has 0 spiro atoms. The average Bonchev–Trinajstić information content (AvgIpc) is 3.15. The molecular formula is C16H25N3O3. The Hall–Kier alpha value is -1.85. The zero-order valence-corrected chi connectivity index (χ0v) is 13.6. The van der Waals surface area contributed by atoms with Crippen LogP contribution in [0.2, 0.25) is 0 Å². The van der Waals surface area contributed by atoms with E-state index in [0.29, 0.717) is 30.7 Å². The summed E-state index contributed by atoms with van der Waals surface area (Å²) in [5, 5.41) is 6.66. The van der Waals surface area contributed by atoms with Crippen molar-refractivity contribution in [3.8, 4) is 0 Å². The maximum absolute atomic E-state index is 12.0. The van der Waals surface area contributed by atoms with Crippen molar-refractivity contribution in [3.05, 3.63) is 17.5 Å². The van der Waals surface area contributed by atoms with Gasteiger partial charge in [0, 0.05) is 25.1 Å². The highest BCUT2D eigenvalue weighted by Crippen LogP contribution is 2.22. The van der Waals surface area contributed by atoms with Crippen LogP contribution in [0.15, 0.2) is 10.6 Å². The minimum Gasteiger partial charge on any atom is -0.359 e. The number of nitrogens with one attached hydrogen (secondary N) is 1. The first kappa shape index (κ1) is 16.5. The van der Waals surface area contributed by atoms with Gasteiger partial charge in [0.2, 0.25) is 0 Å². The predicted octanol–water partition coefficient (Wildman–Crippen LogP) is 2.06. The van der Waals surface area contributed by atoms with Crippen molar-refractivity contribution >= 4 is 11.8 Å². The Morgan fingerprint density at radius 3 is 2.77 bits per heavy atom. The van der Waals surface area contributed by atoms with Crippen LogP contribution in [0.3, 0.4) is 0 Å². The standard InChI is InChI=1S/C16H25N3O3/c1-4-12(5-2)14-8-13(22-18-14)9-17-15(20)16(21)19-7-6-11(3)10-19/h8,11-12H,4-7,9-10H2,1-3H3,(H,17,20)/t11-/m0/s1. The van der Waals surface area contributed by atoms with Crippen molar-refractivity contribution in [1.82, 2.24) is 15.4 Å². The maximum Gasteiger partial charge on any atom is 0.311 e. The Morgan fingerprint density at radius 2 is 2.18 bits per heavy atom. The minimum atomic E-state index is -0.574. The van der Waals surface area contributed by atoms with Gasteiger partial charge in [0.1, 0.15) is 0 Å². The lowest BCUT2D eigenvalue weighted by Crippen LogP contribution is -2.41. The van der Waals surface area contributed by atoms with Gasteiger partial charge in [0.15, 0.2) is 5.76 Å². The summed E-state index contributed by atoms with van der Waals surface area (Å²) in [6.45, 7) is 7.82. The van der Waals surface area contributed by atoms with Crippen molar-refractivity contribution < 1.29 is 14.1 Å². The second-order valence-electron chi connectivity index (χ2n) is 6.06. The molecule has 1 aromatic rings. The van der Waals surface area contributed by atoms with Gasteiger partial charge < -0.3 is 14.7 Å². The van der Waals surface area contributed by atoms with E-state index in [-0.39, 0.29) is 6.54 Å². The normalized spacial score (nSPS) is 18.0. The molecule has 0 aromatic carbocycles. The van der Waals surface area contributed by atoms with Crippen molar-refractivity contribution in [2.45, 2.75) is 52.5 Å². The van der Waals surface area contributed by atoms with Gasteiger partial charge in [-0.25, -0.2) is 0 Å². The second kappa shape index (κ2) is 7.42. The van der Waals surface area contributed by atoms with Crippen LogP contribution in [-0.4, -0.2) is 35.0 Å². The number of rotatable bonds is 5. The maximum atomic E-state index is 12.0. The number of likely N-dealkylation sites (tertiary alicyclic amines) is 1. The molecule has 0 aliphatic carbocycles. The fraction of sp³-hybridized carbons (Fsp3) is 0.688. The Labute approximate surface area is 131 Å². The van der Waals surface area contributed by atoms with E-state index < -0.39 is 11.8 Å². The highest BCUT2D eigenvalue weighted by Gasteiger charge is 2.27. The van der Waals surface area contributed by atoms with Gasteiger partial charge in [-0.05, 0) is 25.2 Å². The number of amides is 2. The van der Waals surface area contributed by atoms with E-state index in [1.54, 1.807) is 4.90 Å². The zero-order valence-electron chi connectivity index (χ0n) is 13.6. The fourth-order valence-corrected chi connectivity index (χ4v) is 2.82. The number of carbonyl (C=O) groups is 2. The summed E-state index contributed by atoms with van der Waals surface area (Å²) < 4.78 is 5.23. The Kier molecular flexibility index (Phi) is 5.57. The SMILES string of the molecule is CCC(CC)c1cc(CNC(=O)C(=O)N2CC[C@H](C)C2)on1. The summed E-state index contributed by atoms with van der Waals surface area (Å²) in [6.07, 6.45) is 2.96. The molecule has 122 valence electrons. The first-order valence-corrected chi connectivity index (χ1v) is 8.07. The molecule has 1 atom stereocenters. The molecule has 0 radical (unpaired) electrons. The molecule has 22 heavy (non-hydrogen) atoms. The van der Waals surface area contributed by atoms with Gasteiger partial charge in [-0.15, -0.1) is 0 Å². The first-order valence-electron chi connectivity index (χ1n) is 8.07. The van der Waals surface area contributed by atoms with Crippen LogP contribution < -0.4 is 5.32 Å². The van der Waals surface area contributed by atoms with Gasteiger partial charge in [-0.3, -0.25) is 9.59 Å². The van der Waals surface area contributed by atoms with Crippen molar-refractivity contribution in [2.75, 3.05) is 13.1 Å². The zero-order chi connectivity index (χ0) is 16.1. The third-order valence-corrected chi connectivity index (χ3v) is 4.31. The summed E-state index contributed by atoms with van der Waals surface area (Å²) in [7, 11) is 0. The fourth-order valence-electron chi connectivity index (χ4n) is 2.82. The Morgan fingerprint density at radius 1 is 1.45 bits per heavy atom. The Bertz CT molecular complexity index is 522. The number of hydrogen-bond donors (Lipinski definition) is 1. The predicted molar refractivity (Wildman–Crippen MR) is 82.0 cm³/mol. The van der Waals surface area contributed by atoms with Gasteiger partial charge in [-0.2, -0.15) is 0 Å². The molecule has 0 bridgehead atoms. The van der Waals surface area contributed by atoms with Gasteiger partial charge >= 0.3 is 11.8 Å². The third kappa shape index (κ3) is 3.87. The van der Waals surface area contributed by atoms with Crippen LogP contribution in [0.1, 0.15) is 57.4 Å². The molecule has 1 saturated heterocycles. The topological polar surface area (TPSA) is 75.4 Å². The monoisotopic (exact) mass is 307 g/mol. The molecule has 2 rings (SSSR count). The van der Waals surface area contributed by atoms with E-state index in [2.05, 4.69) is 31.2 Å². The molecule has 6 nitrogen and oxygen atoms in total. The first-order chi connectivity index (χ1) is 10.5. The summed E-state index contributed by atoms with van der Waals surface area (Å²) in [4.78, 5) is 25.5. The van der Waals surface area contributed by atoms with Crippen LogP contribution in [0.5, 0.6) is 0 Å². The molecule has 1 aromatic heterocycles. The van der Waals surface area contributed by atoms with Crippen LogP contribution >= 0.6 is 0 Å². The van der Waals surface area contributed by atoms with E-state index in [4.69, 9.17) is 4.52 Å². The van der Waals surface area contributed by atoms with Crippen molar-refractivity contribution in [1.29, 1.82) is 0 Å². The number of carbonyl (C=O) groups excluding carboxylic acids is 2. The molecule has 0 unspecified atom stereocenters. The summed E-state index contributed by atoms with van der Waals surface area (Å²) in [5.41, 5.74) is 0.911. The lowest BCUT2D eigenvalue weighted by Gasteiger charge is -2.14. The van der Waals surface area contributed by atoms with Crippen LogP contribution in [0.4, 0.5) is 0 Å². The van der Waals surface area contributed by atoms with Gasteiger partial charge in [0.25, 0.3) is 0 Å². The van der Waals surface area contributed by atoms with Crippen molar-refractivity contribution in [2.24, 2.45) is 5.92 Å². The molecule has 0 saturated carbocycles. The molecule has 2 heterocycles. The third-order valence-electron chi connectivity index (χ3n) is 4.31. The van der Waals surface area contributed by atoms with Crippen molar-refractivity contribution in [3.63, 3.8) is 0 Å². The van der Waals surface area contributed by atoms with Gasteiger partial charge in [0.05, 0.1) is 12.2 Å². The molecule has 1 aliphatic heterocycles. The number of nitrogens with zero attached hydrogens (tertiary/aromatic N) is 2. The van der Waals surface area contributed by atoms with E-state index in [0.717, 1.165) is 25.0 Å². The highest BCUT2D eigenvalue weighted by atomic mass is 16.5. The second-order valence-corrected chi connectivity index (χ2v) is 6.06. The summed E-state index contributed by atoms with van der Waals surface area (Å²) in [5.74, 6) is 0.394. The molecule has 1 aliphatic rings. The molecular weight excluding hydrogens is 282 g/mol. The summed E-state index contributed by atoms with van der Waals surface area (Å²) in [6, 6.07) is 1.86. The number of aromatic nitrogens is 1. The van der Waals surface area contributed by atoms with Crippen LogP contribution in [-0.2, 0) is 16.1 Å². The van der Waals surface area contributed by atoms with E-state index in [9.17, 15) is 9.59 Å². The number of hydrogen-bond acceptors (Lipinski definition) is 4.